The summed E-state index contributed by atoms with van der Waals surface area (Å²) in [4.78, 5) is 24.8. The quantitative estimate of drug-likeness (QED) is 0.862. The van der Waals surface area contributed by atoms with Crippen molar-refractivity contribution >= 4 is 17.4 Å². The SMILES string of the molecule is Cn1cc(N)cc1C(=O)N1CCN(c2cnccn2)CC1. The summed E-state index contributed by atoms with van der Waals surface area (Å²) in [7, 11) is 1.83. The number of hydrogen-bond acceptors (Lipinski definition) is 5. The van der Waals surface area contributed by atoms with Crippen LogP contribution in [0.5, 0.6) is 0 Å². The molecule has 0 saturated carbocycles. The van der Waals surface area contributed by atoms with Crippen LogP contribution < -0.4 is 10.6 Å². The first-order valence-electron chi connectivity index (χ1n) is 6.87. The molecule has 0 aromatic carbocycles. The summed E-state index contributed by atoms with van der Waals surface area (Å²) in [5, 5.41) is 0. The van der Waals surface area contributed by atoms with Gasteiger partial charge in [0, 0.05) is 51.8 Å². The van der Waals surface area contributed by atoms with Crippen LogP contribution in [0, 0.1) is 0 Å². The van der Waals surface area contributed by atoms with Gasteiger partial charge in [0.15, 0.2) is 0 Å². The average Bonchev–Trinajstić information content (AvgIpc) is 2.86. The lowest BCUT2D eigenvalue weighted by atomic mass is 10.2. The number of rotatable bonds is 2. The first-order valence-corrected chi connectivity index (χ1v) is 6.87. The fourth-order valence-electron chi connectivity index (χ4n) is 2.56. The summed E-state index contributed by atoms with van der Waals surface area (Å²) in [6.07, 6.45) is 6.83. The van der Waals surface area contributed by atoms with Crippen molar-refractivity contribution in [1.29, 1.82) is 0 Å². The maximum absolute atomic E-state index is 12.5. The standard InChI is InChI=1S/C14H18N6O/c1-18-10-11(15)8-12(18)14(21)20-6-4-19(5-7-20)13-9-16-2-3-17-13/h2-3,8-10H,4-7,15H2,1H3. The van der Waals surface area contributed by atoms with Gasteiger partial charge in [-0.15, -0.1) is 0 Å². The molecule has 0 aliphatic carbocycles. The van der Waals surface area contributed by atoms with Gasteiger partial charge in [0.1, 0.15) is 11.5 Å². The third-order valence-corrected chi connectivity index (χ3v) is 3.69. The van der Waals surface area contributed by atoms with E-state index in [2.05, 4.69) is 14.9 Å². The highest BCUT2D eigenvalue weighted by Crippen LogP contribution is 2.15. The second kappa shape index (κ2) is 5.43. The van der Waals surface area contributed by atoms with Gasteiger partial charge in [-0.2, -0.15) is 0 Å². The Morgan fingerprint density at radius 3 is 2.57 bits per heavy atom. The van der Waals surface area contributed by atoms with Gasteiger partial charge in [-0.05, 0) is 6.07 Å². The van der Waals surface area contributed by atoms with Crippen molar-refractivity contribution < 1.29 is 4.79 Å². The lowest BCUT2D eigenvalue weighted by molar-refractivity contribution is 0.0737. The molecule has 110 valence electrons. The number of piperazine rings is 1. The molecule has 0 atom stereocenters. The highest BCUT2D eigenvalue weighted by molar-refractivity contribution is 5.94. The van der Waals surface area contributed by atoms with Crippen molar-refractivity contribution in [3.63, 3.8) is 0 Å². The fourth-order valence-corrected chi connectivity index (χ4v) is 2.56. The van der Waals surface area contributed by atoms with Gasteiger partial charge < -0.3 is 20.1 Å². The van der Waals surface area contributed by atoms with E-state index in [0.29, 0.717) is 24.5 Å². The number of carbonyl (C=O) groups excluding carboxylic acids is 1. The molecule has 7 heteroatoms. The van der Waals surface area contributed by atoms with Crippen LogP contribution in [0.2, 0.25) is 0 Å². The maximum Gasteiger partial charge on any atom is 0.270 e. The van der Waals surface area contributed by atoms with Crippen LogP contribution in [0.1, 0.15) is 10.5 Å². The molecule has 2 aromatic rings. The van der Waals surface area contributed by atoms with E-state index >= 15 is 0 Å². The molecule has 3 rings (SSSR count). The maximum atomic E-state index is 12.5. The van der Waals surface area contributed by atoms with Crippen molar-refractivity contribution in [3.05, 3.63) is 36.5 Å². The van der Waals surface area contributed by atoms with Gasteiger partial charge in [-0.3, -0.25) is 9.78 Å². The summed E-state index contributed by atoms with van der Waals surface area (Å²) in [5.41, 5.74) is 6.97. The second-order valence-electron chi connectivity index (χ2n) is 5.11. The fraction of sp³-hybridized carbons (Fsp3) is 0.357. The number of carbonyl (C=O) groups is 1. The van der Waals surface area contributed by atoms with E-state index < -0.39 is 0 Å². The molecule has 1 amide bonds. The third-order valence-electron chi connectivity index (χ3n) is 3.69. The van der Waals surface area contributed by atoms with Crippen LogP contribution in [-0.2, 0) is 7.05 Å². The summed E-state index contributed by atoms with van der Waals surface area (Å²) < 4.78 is 1.77. The summed E-state index contributed by atoms with van der Waals surface area (Å²) in [6.45, 7) is 2.84. The zero-order valence-corrected chi connectivity index (χ0v) is 11.9. The average molecular weight is 286 g/mol. The Labute approximate surface area is 123 Å². The third kappa shape index (κ3) is 2.67. The molecule has 1 aliphatic heterocycles. The smallest absolute Gasteiger partial charge is 0.270 e. The van der Waals surface area contributed by atoms with Gasteiger partial charge in [0.2, 0.25) is 0 Å². The predicted molar refractivity (Wildman–Crippen MR) is 80.0 cm³/mol. The number of amides is 1. The zero-order valence-electron chi connectivity index (χ0n) is 11.9. The topological polar surface area (TPSA) is 80.3 Å². The number of nitrogen functional groups attached to an aromatic ring is 1. The summed E-state index contributed by atoms with van der Waals surface area (Å²) in [6, 6.07) is 1.72. The van der Waals surface area contributed by atoms with Crippen LogP contribution in [0.4, 0.5) is 11.5 Å². The number of aromatic nitrogens is 3. The Morgan fingerprint density at radius 1 is 1.24 bits per heavy atom. The van der Waals surface area contributed by atoms with Crippen molar-refractivity contribution in [3.8, 4) is 0 Å². The van der Waals surface area contributed by atoms with E-state index in [9.17, 15) is 4.79 Å². The van der Waals surface area contributed by atoms with Crippen molar-refractivity contribution in [2.45, 2.75) is 0 Å². The molecule has 0 spiro atoms. The van der Waals surface area contributed by atoms with E-state index in [0.717, 1.165) is 18.9 Å². The Bertz CT molecular complexity index is 630. The minimum atomic E-state index is 0.0213. The van der Waals surface area contributed by atoms with Crippen LogP contribution in [0.3, 0.4) is 0 Å². The first kappa shape index (κ1) is 13.4. The normalized spacial score (nSPS) is 15.3. The lowest BCUT2D eigenvalue weighted by Crippen LogP contribution is -2.49. The largest absolute Gasteiger partial charge is 0.397 e. The van der Waals surface area contributed by atoms with Crippen LogP contribution >= 0.6 is 0 Å². The van der Waals surface area contributed by atoms with E-state index in [-0.39, 0.29) is 5.91 Å². The molecular formula is C14H18N6O. The molecule has 0 bridgehead atoms. The Hall–Kier alpha value is -2.57. The van der Waals surface area contributed by atoms with Crippen molar-refractivity contribution in [2.24, 2.45) is 7.05 Å². The molecular weight excluding hydrogens is 268 g/mol. The number of anilines is 2. The molecule has 2 aromatic heterocycles. The molecule has 7 nitrogen and oxygen atoms in total. The molecule has 21 heavy (non-hydrogen) atoms. The monoisotopic (exact) mass is 286 g/mol. The van der Waals surface area contributed by atoms with Crippen LogP contribution in [0.25, 0.3) is 0 Å². The highest BCUT2D eigenvalue weighted by atomic mass is 16.2. The Morgan fingerprint density at radius 2 is 2.00 bits per heavy atom. The number of hydrogen-bond donors (Lipinski definition) is 1. The Balaban J connectivity index is 1.66. The number of nitrogens with two attached hydrogens (primary N) is 1. The first-order chi connectivity index (χ1) is 10.1. The molecule has 2 N–H and O–H groups in total. The minimum Gasteiger partial charge on any atom is -0.397 e. The molecule has 3 heterocycles. The predicted octanol–water partition coefficient (Wildman–Crippen LogP) is 0.360. The van der Waals surface area contributed by atoms with Crippen molar-refractivity contribution in [1.82, 2.24) is 19.4 Å². The minimum absolute atomic E-state index is 0.0213. The van der Waals surface area contributed by atoms with Gasteiger partial charge >= 0.3 is 0 Å². The molecule has 1 saturated heterocycles. The van der Waals surface area contributed by atoms with Gasteiger partial charge in [-0.25, -0.2) is 4.98 Å². The zero-order chi connectivity index (χ0) is 14.8. The number of aryl methyl sites for hydroxylation is 1. The Kier molecular flexibility index (Phi) is 3.47. The molecule has 1 aliphatic rings. The lowest BCUT2D eigenvalue weighted by Gasteiger charge is -2.35. The summed E-state index contributed by atoms with van der Waals surface area (Å²) in [5.74, 6) is 0.876. The van der Waals surface area contributed by atoms with E-state index in [4.69, 9.17) is 5.73 Å². The van der Waals surface area contributed by atoms with Gasteiger partial charge in [0.25, 0.3) is 5.91 Å². The highest BCUT2D eigenvalue weighted by Gasteiger charge is 2.24. The van der Waals surface area contributed by atoms with Crippen molar-refractivity contribution in [2.75, 3.05) is 36.8 Å². The van der Waals surface area contributed by atoms with Crippen LogP contribution in [-0.4, -0.2) is 51.5 Å². The van der Waals surface area contributed by atoms with E-state index in [1.807, 2.05) is 11.9 Å². The van der Waals surface area contributed by atoms with E-state index in [1.54, 1.807) is 35.4 Å². The molecule has 0 radical (unpaired) electrons. The van der Waals surface area contributed by atoms with E-state index in [1.165, 1.54) is 0 Å². The molecule has 0 unspecified atom stereocenters. The summed E-state index contributed by atoms with van der Waals surface area (Å²) >= 11 is 0. The number of nitrogens with zero attached hydrogens (tertiary/aromatic N) is 5. The molecule has 1 fully saturated rings. The van der Waals surface area contributed by atoms with Gasteiger partial charge in [0.05, 0.1) is 11.9 Å². The van der Waals surface area contributed by atoms with Crippen LogP contribution in [0.15, 0.2) is 30.9 Å². The second-order valence-corrected chi connectivity index (χ2v) is 5.11. The van der Waals surface area contributed by atoms with Gasteiger partial charge in [-0.1, -0.05) is 0 Å².